The normalized spacial score (nSPS) is 27.1. The maximum Gasteiger partial charge on any atom is 0.305 e. The Kier molecular flexibility index (Phi) is 4.46. The maximum absolute atomic E-state index is 13.6. The van der Waals surface area contributed by atoms with E-state index >= 15 is 0 Å². The lowest BCUT2D eigenvalue weighted by Crippen LogP contribution is -2.28. The first-order chi connectivity index (χ1) is 7.77. The van der Waals surface area contributed by atoms with Crippen molar-refractivity contribution < 1.29 is 26.7 Å². The Balaban J connectivity index is 2.66. The summed E-state index contributed by atoms with van der Waals surface area (Å²) in [5.41, 5.74) is 0. The second-order valence-corrected chi connectivity index (χ2v) is 6.57. The number of sulfone groups is 1. The fraction of sp³-hybridized carbons (Fsp3) is 0.900. The van der Waals surface area contributed by atoms with E-state index in [-0.39, 0.29) is 25.0 Å². The molecule has 1 unspecified atom stereocenters. The van der Waals surface area contributed by atoms with Gasteiger partial charge in [-0.2, -0.15) is 0 Å². The Morgan fingerprint density at radius 1 is 1.41 bits per heavy atom. The van der Waals surface area contributed by atoms with E-state index in [9.17, 15) is 22.0 Å². The molecule has 0 bridgehead atoms. The first-order valence-electron chi connectivity index (χ1n) is 5.42. The van der Waals surface area contributed by atoms with Gasteiger partial charge in [-0.1, -0.05) is 0 Å². The highest BCUT2D eigenvalue weighted by molar-refractivity contribution is 7.91. The summed E-state index contributed by atoms with van der Waals surface area (Å²) in [6.45, 7) is 0. The average molecular weight is 270 g/mol. The number of hydrogen-bond donors (Lipinski definition) is 0. The summed E-state index contributed by atoms with van der Waals surface area (Å²) in [6.07, 6.45) is -0.875. The Bertz CT molecular complexity index is 378. The van der Waals surface area contributed by atoms with E-state index in [0.717, 1.165) is 0 Å². The predicted octanol–water partition coefficient (Wildman–Crippen LogP) is 1.40. The molecule has 1 heterocycles. The summed E-state index contributed by atoms with van der Waals surface area (Å²) >= 11 is 0. The van der Waals surface area contributed by atoms with Crippen LogP contribution in [0.25, 0.3) is 0 Å². The minimum atomic E-state index is -3.36. The van der Waals surface area contributed by atoms with Crippen LogP contribution in [0.3, 0.4) is 0 Å². The molecular formula is C10H16F2O4S. The topological polar surface area (TPSA) is 60.4 Å². The van der Waals surface area contributed by atoms with Crippen LogP contribution in [-0.2, 0) is 19.4 Å². The van der Waals surface area contributed by atoms with Gasteiger partial charge in [-0.05, 0) is 12.8 Å². The largest absolute Gasteiger partial charge is 0.469 e. The highest BCUT2D eigenvalue weighted by Gasteiger charge is 2.43. The van der Waals surface area contributed by atoms with E-state index in [2.05, 4.69) is 4.74 Å². The summed E-state index contributed by atoms with van der Waals surface area (Å²) in [5, 5.41) is 0. The number of alkyl halides is 2. The average Bonchev–Trinajstić information content (AvgIpc) is 2.34. The van der Waals surface area contributed by atoms with Crippen molar-refractivity contribution in [3.8, 4) is 0 Å². The highest BCUT2D eigenvalue weighted by Crippen LogP contribution is 2.37. The van der Waals surface area contributed by atoms with Gasteiger partial charge >= 0.3 is 5.97 Å². The van der Waals surface area contributed by atoms with Crippen molar-refractivity contribution in [1.82, 2.24) is 0 Å². The fourth-order valence-corrected chi connectivity index (χ4v) is 3.31. The van der Waals surface area contributed by atoms with Crippen molar-refractivity contribution in [3.05, 3.63) is 0 Å². The first-order valence-corrected chi connectivity index (χ1v) is 7.24. The Morgan fingerprint density at radius 2 is 2.06 bits per heavy atom. The number of halogens is 2. The van der Waals surface area contributed by atoms with E-state index in [1.807, 2.05) is 0 Å². The van der Waals surface area contributed by atoms with E-state index in [1.165, 1.54) is 7.11 Å². The second-order valence-electron chi connectivity index (χ2n) is 4.26. The zero-order valence-electron chi connectivity index (χ0n) is 9.62. The minimum Gasteiger partial charge on any atom is -0.469 e. The summed E-state index contributed by atoms with van der Waals surface area (Å²) < 4.78 is 54.1. The van der Waals surface area contributed by atoms with Crippen LogP contribution in [0.4, 0.5) is 8.78 Å². The summed E-state index contributed by atoms with van der Waals surface area (Å²) in [5.74, 6) is -5.33. The van der Waals surface area contributed by atoms with Crippen molar-refractivity contribution in [2.75, 3.05) is 18.6 Å². The molecule has 0 aromatic rings. The molecule has 4 nitrogen and oxygen atoms in total. The van der Waals surface area contributed by atoms with Gasteiger partial charge in [0.2, 0.25) is 0 Å². The highest BCUT2D eigenvalue weighted by atomic mass is 32.2. The summed E-state index contributed by atoms with van der Waals surface area (Å²) in [7, 11) is -2.17. The van der Waals surface area contributed by atoms with Gasteiger partial charge in [0.05, 0.1) is 18.6 Å². The van der Waals surface area contributed by atoms with Crippen LogP contribution >= 0.6 is 0 Å². The molecule has 1 aliphatic rings. The molecule has 1 atom stereocenters. The molecule has 17 heavy (non-hydrogen) atoms. The molecule has 0 spiro atoms. The van der Waals surface area contributed by atoms with Crippen molar-refractivity contribution in [1.29, 1.82) is 0 Å². The quantitative estimate of drug-likeness (QED) is 0.727. The first kappa shape index (κ1) is 14.3. The minimum absolute atomic E-state index is 0.0325. The molecule has 1 saturated heterocycles. The number of esters is 1. The van der Waals surface area contributed by atoms with Gasteiger partial charge in [0.15, 0.2) is 9.84 Å². The van der Waals surface area contributed by atoms with E-state index in [0.29, 0.717) is 0 Å². The Morgan fingerprint density at radius 3 is 2.65 bits per heavy atom. The molecule has 0 aromatic carbocycles. The molecule has 0 aromatic heterocycles. The predicted molar refractivity (Wildman–Crippen MR) is 57.6 cm³/mol. The third-order valence-electron chi connectivity index (χ3n) is 3.05. The van der Waals surface area contributed by atoms with Crippen LogP contribution in [0.1, 0.15) is 25.7 Å². The summed E-state index contributed by atoms with van der Waals surface area (Å²) in [4.78, 5) is 10.9. The van der Waals surface area contributed by atoms with Gasteiger partial charge in [0, 0.05) is 18.8 Å². The molecule has 0 amide bonds. The molecule has 100 valence electrons. The van der Waals surface area contributed by atoms with Crippen molar-refractivity contribution in [3.63, 3.8) is 0 Å². The van der Waals surface area contributed by atoms with E-state index < -0.39 is 39.8 Å². The molecule has 0 N–H and O–H groups in total. The molecule has 0 radical (unpaired) electrons. The lowest BCUT2D eigenvalue weighted by atomic mass is 9.91. The molecule has 1 rings (SSSR count). The van der Waals surface area contributed by atoms with Crippen molar-refractivity contribution in [2.24, 2.45) is 5.92 Å². The third-order valence-corrected chi connectivity index (χ3v) is 4.73. The molecular weight excluding hydrogens is 254 g/mol. The van der Waals surface area contributed by atoms with Crippen LogP contribution in [0.15, 0.2) is 0 Å². The van der Waals surface area contributed by atoms with Crippen LogP contribution in [0, 0.1) is 5.92 Å². The Hall–Kier alpha value is -0.720. The number of carbonyl (C=O) groups excluding carboxylic acids is 1. The number of rotatable bonds is 3. The van der Waals surface area contributed by atoms with Crippen LogP contribution < -0.4 is 0 Å². The van der Waals surface area contributed by atoms with Gasteiger partial charge in [-0.15, -0.1) is 0 Å². The number of ether oxygens (including phenoxy) is 1. The molecule has 1 aliphatic heterocycles. The monoisotopic (exact) mass is 270 g/mol. The lowest BCUT2D eigenvalue weighted by molar-refractivity contribution is -0.141. The SMILES string of the molecule is COC(=O)CCC1CCS(=O)(=O)CCC1(F)F. The maximum atomic E-state index is 13.6. The van der Waals surface area contributed by atoms with Gasteiger partial charge in [0.1, 0.15) is 0 Å². The van der Waals surface area contributed by atoms with E-state index in [4.69, 9.17) is 0 Å². The molecule has 0 saturated carbocycles. The molecule has 0 aliphatic carbocycles. The zero-order valence-corrected chi connectivity index (χ0v) is 10.4. The Labute approximate surface area is 99.2 Å². The van der Waals surface area contributed by atoms with Crippen molar-refractivity contribution in [2.45, 2.75) is 31.6 Å². The number of carbonyl (C=O) groups is 1. The second kappa shape index (κ2) is 5.29. The van der Waals surface area contributed by atoms with Crippen molar-refractivity contribution >= 4 is 15.8 Å². The summed E-state index contributed by atoms with van der Waals surface area (Å²) in [6, 6.07) is 0. The zero-order chi connectivity index (χ0) is 13.1. The van der Waals surface area contributed by atoms with Crippen LogP contribution in [-0.4, -0.2) is 38.9 Å². The van der Waals surface area contributed by atoms with Gasteiger partial charge in [0.25, 0.3) is 5.92 Å². The van der Waals surface area contributed by atoms with Crippen LogP contribution in [0.5, 0.6) is 0 Å². The van der Waals surface area contributed by atoms with Gasteiger partial charge in [-0.25, -0.2) is 17.2 Å². The number of hydrogen-bond acceptors (Lipinski definition) is 4. The number of methoxy groups -OCH3 is 1. The third kappa shape index (κ3) is 4.22. The fourth-order valence-electron chi connectivity index (χ4n) is 1.88. The van der Waals surface area contributed by atoms with E-state index in [1.54, 1.807) is 0 Å². The molecule has 1 fully saturated rings. The van der Waals surface area contributed by atoms with Gasteiger partial charge in [-0.3, -0.25) is 4.79 Å². The van der Waals surface area contributed by atoms with Gasteiger partial charge < -0.3 is 4.74 Å². The smallest absolute Gasteiger partial charge is 0.305 e. The van der Waals surface area contributed by atoms with Crippen LogP contribution in [0.2, 0.25) is 0 Å². The lowest BCUT2D eigenvalue weighted by Gasteiger charge is -2.23. The standard InChI is InChI=1S/C10H16F2O4S/c1-16-9(13)3-2-8-4-6-17(14,15)7-5-10(8,11)12/h8H,2-7H2,1H3. The molecule has 7 heteroatoms.